The van der Waals surface area contributed by atoms with Crippen LogP contribution < -0.4 is 11.1 Å². The second-order valence-corrected chi connectivity index (χ2v) is 4.28. The van der Waals surface area contributed by atoms with E-state index in [1.54, 1.807) is 12.1 Å². The first-order valence-corrected chi connectivity index (χ1v) is 5.68. The van der Waals surface area contributed by atoms with Crippen molar-refractivity contribution in [3.63, 3.8) is 0 Å². The number of anilines is 1. The summed E-state index contributed by atoms with van der Waals surface area (Å²) in [5.41, 5.74) is 6.26. The third-order valence-electron chi connectivity index (χ3n) is 2.62. The minimum absolute atomic E-state index is 0.0425. The molecule has 1 amide bonds. The van der Waals surface area contributed by atoms with Gasteiger partial charge in [-0.15, -0.1) is 0 Å². The number of carbonyl (C=O) groups is 1. The number of rotatable bonds is 5. The van der Waals surface area contributed by atoms with Crippen LogP contribution in [0, 0.1) is 5.92 Å². The minimum atomic E-state index is -0.296. The van der Waals surface area contributed by atoms with Crippen molar-refractivity contribution < 1.29 is 9.90 Å². The molecular formula is C12H19N3O2. The molecule has 0 fully saturated rings. The van der Waals surface area contributed by atoms with Crippen LogP contribution in [0.4, 0.5) is 5.69 Å². The highest BCUT2D eigenvalue weighted by atomic mass is 16.3. The molecule has 0 saturated carbocycles. The van der Waals surface area contributed by atoms with Crippen LogP contribution in [0.5, 0.6) is 0 Å². The van der Waals surface area contributed by atoms with Gasteiger partial charge in [-0.1, -0.05) is 13.8 Å². The SMILES string of the molecule is CC(C)C(CCO)NC(=O)c1ncccc1N. The summed E-state index contributed by atoms with van der Waals surface area (Å²) in [6, 6.07) is 3.24. The Morgan fingerprint density at radius 3 is 2.82 bits per heavy atom. The summed E-state index contributed by atoms with van der Waals surface area (Å²) in [7, 11) is 0. The van der Waals surface area contributed by atoms with E-state index < -0.39 is 0 Å². The lowest BCUT2D eigenvalue weighted by molar-refractivity contribution is 0.0912. The van der Waals surface area contributed by atoms with E-state index in [-0.39, 0.29) is 30.2 Å². The highest BCUT2D eigenvalue weighted by Crippen LogP contribution is 2.10. The van der Waals surface area contributed by atoms with Crippen molar-refractivity contribution in [1.82, 2.24) is 10.3 Å². The number of hydrogen-bond acceptors (Lipinski definition) is 4. The smallest absolute Gasteiger partial charge is 0.272 e. The third kappa shape index (κ3) is 3.71. The van der Waals surface area contributed by atoms with Crippen molar-refractivity contribution >= 4 is 11.6 Å². The Kier molecular flexibility index (Phi) is 4.90. The molecule has 0 aliphatic carbocycles. The standard InChI is InChI=1S/C12H19N3O2/c1-8(2)10(5-7-16)15-12(17)11-9(13)4-3-6-14-11/h3-4,6,8,10,16H,5,7,13H2,1-2H3,(H,15,17). The molecule has 1 heterocycles. The van der Waals surface area contributed by atoms with E-state index in [0.29, 0.717) is 12.1 Å². The van der Waals surface area contributed by atoms with Gasteiger partial charge >= 0.3 is 0 Å². The van der Waals surface area contributed by atoms with E-state index in [1.165, 1.54) is 6.20 Å². The number of nitrogens with two attached hydrogens (primary N) is 1. The predicted octanol–water partition coefficient (Wildman–Crippen LogP) is 0.801. The van der Waals surface area contributed by atoms with E-state index in [9.17, 15) is 4.79 Å². The molecule has 5 heteroatoms. The molecular weight excluding hydrogens is 218 g/mol. The van der Waals surface area contributed by atoms with E-state index in [2.05, 4.69) is 10.3 Å². The van der Waals surface area contributed by atoms with Gasteiger partial charge < -0.3 is 16.2 Å². The number of nitrogen functional groups attached to an aromatic ring is 1. The Morgan fingerprint density at radius 2 is 2.29 bits per heavy atom. The maximum Gasteiger partial charge on any atom is 0.272 e. The fourth-order valence-electron chi connectivity index (χ4n) is 1.56. The fourth-order valence-corrected chi connectivity index (χ4v) is 1.56. The molecule has 0 radical (unpaired) electrons. The second kappa shape index (κ2) is 6.20. The van der Waals surface area contributed by atoms with Crippen molar-refractivity contribution in [1.29, 1.82) is 0 Å². The Labute approximate surface area is 101 Å². The number of carbonyl (C=O) groups excluding carboxylic acids is 1. The van der Waals surface area contributed by atoms with Gasteiger partial charge in [0, 0.05) is 18.8 Å². The largest absolute Gasteiger partial charge is 0.397 e. The normalized spacial score (nSPS) is 12.5. The first-order valence-electron chi connectivity index (χ1n) is 5.68. The third-order valence-corrected chi connectivity index (χ3v) is 2.62. The maximum absolute atomic E-state index is 11.9. The quantitative estimate of drug-likeness (QED) is 0.706. The highest BCUT2D eigenvalue weighted by molar-refractivity contribution is 5.97. The zero-order valence-electron chi connectivity index (χ0n) is 10.2. The summed E-state index contributed by atoms with van der Waals surface area (Å²) < 4.78 is 0. The van der Waals surface area contributed by atoms with Gasteiger partial charge in [0.25, 0.3) is 5.91 Å². The predicted molar refractivity (Wildman–Crippen MR) is 66.4 cm³/mol. The molecule has 1 rings (SSSR count). The molecule has 0 saturated heterocycles. The first kappa shape index (κ1) is 13.4. The highest BCUT2D eigenvalue weighted by Gasteiger charge is 2.18. The van der Waals surface area contributed by atoms with Crippen LogP contribution in [0.3, 0.4) is 0 Å². The molecule has 1 aromatic heterocycles. The number of aromatic nitrogens is 1. The zero-order chi connectivity index (χ0) is 12.8. The lowest BCUT2D eigenvalue weighted by Gasteiger charge is -2.21. The Hall–Kier alpha value is -1.62. The van der Waals surface area contributed by atoms with Gasteiger partial charge in [0.05, 0.1) is 5.69 Å². The lowest BCUT2D eigenvalue weighted by atomic mass is 10.0. The van der Waals surface area contributed by atoms with Crippen molar-refractivity contribution in [2.75, 3.05) is 12.3 Å². The van der Waals surface area contributed by atoms with E-state index in [1.807, 2.05) is 13.8 Å². The average molecular weight is 237 g/mol. The molecule has 0 aromatic carbocycles. The van der Waals surface area contributed by atoms with Gasteiger partial charge in [-0.3, -0.25) is 4.79 Å². The summed E-state index contributed by atoms with van der Waals surface area (Å²) in [6.07, 6.45) is 2.05. The Balaban J connectivity index is 2.74. The van der Waals surface area contributed by atoms with Crippen molar-refractivity contribution in [3.05, 3.63) is 24.0 Å². The van der Waals surface area contributed by atoms with Gasteiger partial charge in [0.1, 0.15) is 0 Å². The molecule has 1 aromatic rings. The van der Waals surface area contributed by atoms with Gasteiger partial charge in [-0.2, -0.15) is 0 Å². The fraction of sp³-hybridized carbons (Fsp3) is 0.500. The van der Waals surface area contributed by atoms with E-state index in [0.717, 1.165) is 0 Å². The van der Waals surface area contributed by atoms with Gasteiger partial charge in [0.15, 0.2) is 5.69 Å². The molecule has 17 heavy (non-hydrogen) atoms. The monoisotopic (exact) mass is 237 g/mol. The molecule has 94 valence electrons. The van der Waals surface area contributed by atoms with Crippen LogP contribution >= 0.6 is 0 Å². The molecule has 1 atom stereocenters. The molecule has 0 bridgehead atoms. The number of aliphatic hydroxyl groups excluding tert-OH is 1. The van der Waals surface area contributed by atoms with Crippen molar-refractivity contribution in [2.45, 2.75) is 26.3 Å². The maximum atomic E-state index is 11.9. The van der Waals surface area contributed by atoms with Gasteiger partial charge in [-0.05, 0) is 24.5 Å². The number of hydrogen-bond donors (Lipinski definition) is 3. The summed E-state index contributed by atoms with van der Waals surface area (Å²) >= 11 is 0. The van der Waals surface area contributed by atoms with Crippen molar-refractivity contribution in [3.8, 4) is 0 Å². The Bertz CT molecular complexity index is 380. The van der Waals surface area contributed by atoms with E-state index in [4.69, 9.17) is 10.8 Å². The minimum Gasteiger partial charge on any atom is -0.397 e. The summed E-state index contributed by atoms with van der Waals surface area (Å²) in [4.78, 5) is 15.9. The number of nitrogens with zero attached hydrogens (tertiary/aromatic N) is 1. The summed E-state index contributed by atoms with van der Waals surface area (Å²) in [5.74, 6) is -0.0497. The van der Waals surface area contributed by atoms with Crippen LogP contribution in [0.25, 0.3) is 0 Å². The number of aliphatic hydroxyl groups is 1. The first-order chi connectivity index (χ1) is 8.06. The van der Waals surface area contributed by atoms with Crippen LogP contribution in [0.1, 0.15) is 30.8 Å². The lowest BCUT2D eigenvalue weighted by Crippen LogP contribution is -2.39. The average Bonchev–Trinajstić information content (AvgIpc) is 2.28. The molecule has 0 spiro atoms. The summed E-state index contributed by atoms with van der Waals surface area (Å²) in [5, 5.41) is 11.8. The molecule has 0 aliphatic heterocycles. The molecule has 0 aliphatic rings. The van der Waals surface area contributed by atoms with E-state index >= 15 is 0 Å². The van der Waals surface area contributed by atoms with Gasteiger partial charge in [0.2, 0.25) is 0 Å². The topological polar surface area (TPSA) is 88.2 Å². The van der Waals surface area contributed by atoms with Crippen LogP contribution in [0.2, 0.25) is 0 Å². The van der Waals surface area contributed by atoms with Crippen LogP contribution in [0.15, 0.2) is 18.3 Å². The van der Waals surface area contributed by atoms with Crippen molar-refractivity contribution in [2.24, 2.45) is 5.92 Å². The Morgan fingerprint density at radius 1 is 1.59 bits per heavy atom. The molecule has 1 unspecified atom stereocenters. The van der Waals surface area contributed by atoms with Gasteiger partial charge in [-0.25, -0.2) is 4.98 Å². The number of amides is 1. The zero-order valence-corrected chi connectivity index (χ0v) is 10.2. The van der Waals surface area contributed by atoms with Crippen LogP contribution in [-0.4, -0.2) is 28.6 Å². The summed E-state index contributed by atoms with van der Waals surface area (Å²) in [6.45, 7) is 4.02. The number of pyridine rings is 1. The second-order valence-electron chi connectivity index (χ2n) is 4.28. The molecule has 5 nitrogen and oxygen atoms in total. The number of nitrogens with one attached hydrogen (secondary N) is 1. The van der Waals surface area contributed by atoms with Crippen LogP contribution in [-0.2, 0) is 0 Å². The molecule has 4 N–H and O–H groups in total.